The molecule has 2 heteroatoms. The van der Waals surface area contributed by atoms with Crippen LogP contribution in [0.5, 0.6) is 5.75 Å². The third-order valence-corrected chi connectivity index (χ3v) is 3.91. The van der Waals surface area contributed by atoms with Gasteiger partial charge in [-0.1, -0.05) is 19.1 Å². The van der Waals surface area contributed by atoms with Gasteiger partial charge in [-0.3, -0.25) is 0 Å². The molecule has 2 rings (SSSR count). The van der Waals surface area contributed by atoms with E-state index in [1.807, 2.05) is 0 Å². The van der Waals surface area contributed by atoms with E-state index >= 15 is 0 Å². The molecule has 0 saturated carbocycles. The normalized spacial score (nSPS) is 10.7. The molecule has 0 heterocycles. The van der Waals surface area contributed by atoms with Crippen LogP contribution >= 0.6 is 0 Å². The van der Waals surface area contributed by atoms with Gasteiger partial charge in [-0.2, -0.15) is 0 Å². The molecule has 0 fully saturated rings. The molecule has 0 atom stereocenters. The van der Waals surface area contributed by atoms with Gasteiger partial charge >= 0.3 is 0 Å². The summed E-state index contributed by atoms with van der Waals surface area (Å²) in [6, 6.07) is 11.1. The highest BCUT2D eigenvalue weighted by atomic mass is 16.5. The molecule has 2 aromatic carbocycles. The topological polar surface area (TPSA) is 21.3 Å². The first-order valence-corrected chi connectivity index (χ1v) is 7.52. The fourth-order valence-corrected chi connectivity index (χ4v) is 2.64. The number of aryl methyl sites for hydroxylation is 3. The number of nitrogens with one attached hydrogen (secondary N) is 1. The van der Waals surface area contributed by atoms with Crippen molar-refractivity contribution in [1.29, 1.82) is 0 Å². The van der Waals surface area contributed by atoms with E-state index < -0.39 is 0 Å². The molecular weight excluding hydrogens is 258 g/mol. The van der Waals surface area contributed by atoms with E-state index in [-0.39, 0.29) is 0 Å². The quantitative estimate of drug-likeness (QED) is 0.878. The fraction of sp³-hybridized carbons (Fsp3) is 0.368. The summed E-state index contributed by atoms with van der Waals surface area (Å²) in [6.45, 7) is 10.5. The van der Waals surface area contributed by atoms with Gasteiger partial charge < -0.3 is 10.1 Å². The molecule has 0 aromatic heterocycles. The minimum atomic E-state index is 0.915. The summed E-state index contributed by atoms with van der Waals surface area (Å²) in [7, 11) is 1.73. The van der Waals surface area contributed by atoms with Gasteiger partial charge in [0.2, 0.25) is 0 Å². The van der Waals surface area contributed by atoms with Crippen molar-refractivity contribution in [3.63, 3.8) is 0 Å². The van der Waals surface area contributed by atoms with Gasteiger partial charge in [-0.15, -0.1) is 0 Å². The molecule has 0 aliphatic rings. The second-order valence-corrected chi connectivity index (χ2v) is 5.57. The molecule has 2 nitrogen and oxygen atoms in total. The van der Waals surface area contributed by atoms with Crippen molar-refractivity contribution in [1.82, 2.24) is 5.32 Å². The first kappa shape index (κ1) is 15.6. The summed E-state index contributed by atoms with van der Waals surface area (Å²) in [4.78, 5) is 0. The smallest absolute Gasteiger partial charge is 0.122 e. The second kappa shape index (κ2) is 6.77. The van der Waals surface area contributed by atoms with Gasteiger partial charge in [-0.25, -0.2) is 0 Å². The average molecular weight is 283 g/mol. The Labute approximate surface area is 128 Å². The van der Waals surface area contributed by atoms with Crippen molar-refractivity contribution in [2.24, 2.45) is 0 Å². The SMILES string of the molecule is CCNCc1ccc(C)c(-c2cc(C)c(OC)cc2C)c1. The maximum Gasteiger partial charge on any atom is 0.122 e. The summed E-state index contributed by atoms with van der Waals surface area (Å²) < 4.78 is 5.41. The maximum atomic E-state index is 5.41. The third-order valence-electron chi connectivity index (χ3n) is 3.91. The molecule has 0 amide bonds. The Bertz CT molecular complexity index is 632. The minimum absolute atomic E-state index is 0.915. The van der Waals surface area contributed by atoms with Crippen LogP contribution < -0.4 is 10.1 Å². The zero-order valence-corrected chi connectivity index (χ0v) is 13.7. The summed E-state index contributed by atoms with van der Waals surface area (Å²) in [5.41, 5.74) is 7.67. The highest BCUT2D eigenvalue weighted by Crippen LogP contribution is 2.32. The molecule has 2 aromatic rings. The van der Waals surface area contributed by atoms with Gasteiger partial charge in [0.1, 0.15) is 5.75 Å². The molecule has 0 spiro atoms. The lowest BCUT2D eigenvalue weighted by Crippen LogP contribution is -2.11. The van der Waals surface area contributed by atoms with Crippen LogP contribution in [0.3, 0.4) is 0 Å². The van der Waals surface area contributed by atoms with Crippen LogP contribution in [-0.4, -0.2) is 13.7 Å². The lowest BCUT2D eigenvalue weighted by molar-refractivity contribution is 0.411. The zero-order chi connectivity index (χ0) is 15.4. The lowest BCUT2D eigenvalue weighted by atomic mass is 9.93. The summed E-state index contributed by atoms with van der Waals surface area (Å²) in [5, 5.41) is 3.39. The second-order valence-electron chi connectivity index (χ2n) is 5.57. The average Bonchev–Trinajstić information content (AvgIpc) is 2.48. The van der Waals surface area contributed by atoms with Gasteiger partial charge in [-0.05, 0) is 78.9 Å². The lowest BCUT2D eigenvalue weighted by Gasteiger charge is -2.15. The van der Waals surface area contributed by atoms with Crippen LogP contribution in [0.4, 0.5) is 0 Å². The highest BCUT2D eigenvalue weighted by molar-refractivity contribution is 5.73. The van der Waals surface area contributed by atoms with Gasteiger partial charge in [0.25, 0.3) is 0 Å². The maximum absolute atomic E-state index is 5.41. The molecule has 0 aliphatic carbocycles. The molecule has 1 N–H and O–H groups in total. The largest absolute Gasteiger partial charge is 0.496 e. The number of hydrogen-bond acceptors (Lipinski definition) is 2. The Hall–Kier alpha value is -1.80. The molecular formula is C19H25NO. The van der Waals surface area contributed by atoms with Crippen LogP contribution in [-0.2, 0) is 6.54 Å². The Balaban J connectivity index is 2.48. The van der Waals surface area contributed by atoms with Crippen molar-refractivity contribution in [3.8, 4) is 16.9 Å². The first-order chi connectivity index (χ1) is 10.1. The van der Waals surface area contributed by atoms with Crippen LogP contribution in [0.25, 0.3) is 11.1 Å². The Morgan fingerprint density at radius 2 is 1.62 bits per heavy atom. The van der Waals surface area contributed by atoms with Crippen molar-refractivity contribution < 1.29 is 4.74 Å². The van der Waals surface area contributed by atoms with Crippen LogP contribution in [0.2, 0.25) is 0 Å². The molecule has 0 radical (unpaired) electrons. The number of ether oxygens (including phenoxy) is 1. The summed E-state index contributed by atoms with van der Waals surface area (Å²) >= 11 is 0. The number of rotatable bonds is 5. The zero-order valence-electron chi connectivity index (χ0n) is 13.7. The summed E-state index contributed by atoms with van der Waals surface area (Å²) in [6.07, 6.45) is 0. The van der Waals surface area contributed by atoms with Crippen LogP contribution in [0.15, 0.2) is 30.3 Å². The van der Waals surface area contributed by atoms with Crippen LogP contribution in [0, 0.1) is 20.8 Å². The Morgan fingerprint density at radius 3 is 2.29 bits per heavy atom. The van der Waals surface area contributed by atoms with Crippen molar-refractivity contribution in [2.45, 2.75) is 34.2 Å². The van der Waals surface area contributed by atoms with Gasteiger partial charge in [0, 0.05) is 6.54 Å². The van der Waals surface area contributed by atoms with E-state index in [2.05, 4.69) is 63.3 Å². The Morgan fingerprint density at radius 1 is 0.905 bits per heavy atom. The van der Waals surface area contributed by atoms with E-state index in [1.54, 1.807) is 7.11 Å². The van der Waals surface area contributed by atoms with Crippen molar-refractivity contribution in [3.05, 3.63) is 52.6 Å². The number of benzene rings is 2. The predicted octanol–water partition coefficient (Wildman–Crippen LogP) is 4.40. The van der Waals surface area contributed by atoms with Crippen molar-refractivity contribution >= 4 is 0 Å². The first-order valence-electron chi connectivity index (χ1n) is 7.52. The van der Waals surface area contributed by atoms with E-state index in [9.17, 15) is 0 Å². The fourth-order valence-electron chi connectivity index (χ4n) is 2.64. The van der Waals surface area contributed by atoms with Gasteiger partial charge in [0.15, 0.2) is 0 Å². The molecule has 0 saturated heterocycles. The monoisotopic (exact) mass is 283 g/mol. The van der Waals surface area contributed by atoms with E-state index in [0.29, 0.717) is 0 Å². The summed E-state index contributed by atoms with van der Waals surface area (Å²) in [5.74, 6) is 0.956. The van der Waals surface area contributed by atoms with E-state index in [1.165, 1.54) is 33.4 Å². The van der Waals surface area contributed by atoms with Gasteiger partial charge in [0.05, 0.1) is 7.11 Å². The van der Waals surface area contributed by atoms with E-state index in [0.717, 1.165) is 18.8 Å². The van der Waals surface area contributed by atoms with E-state index in [4.69, 9.17) is 4.74 Å². The molecule has 0 unspecified atom stereocenters. The van der Waals surface area contributed by atoms with Crippen LogP contribution in [0.1, 0.15) is 29.2 Å². The standard InChI is InChI=1S/C19H25NO/c1-6-20-12-16-8-7-13(2)18(11-16)17-9-15(4)19(21-5)10-14(17)3/h7-11,20H,6,12H2,1-5H3. The molecule has 0 aliphatic heterocycles. The third kappa shape index (κ3) is 3.45. The number of hydrogen-bond donors (Lipinski definition) is 1. The van der Waals surface area contributed by atoms with Crippen molar-refractivity contribution in [2.75, 3.05) is 13.7 Å². The molecule has 112 valence electrons. The number of methoxy groups -OCH3 is 1. The predicted molar refractivity (Wildman–Crippen MR) is 90.0 cm³/mol. The Kier molecular flexibility index (Phi) is 5.03. The molecule has 21 heavy (non-hydrogen) atoms. The highest BCUT2D eigenvalue weighted by Gasteiger charge is 2.10. The molecule has 0 bridgehead atoms. The minimum Gasteiger partial charge on any atom is -0.496 e.